The quantitative estimate of drug-likeness (QED) is 0.637. The van der Waals surface area contributed by atoms with Gasteiger partial charge in [-0.15, -0.1) is 0 Å². The first-order chi connectivity index (χ1) is 13.3. The summed E-state index contributed by atoms with van der Waals surface area (Å²) in [6.07, 6.45) is 2.56. The maximum atomic E-state index is 13.8. The zero-order chi connectivity index (χ0) is 20.1. The third-order valence-electron chi connectivity index (χ3n) is 3.64. The highest BCUT2D eigenvalue weighted by atomic mass is 35.5. The lowest BCUT2D eigenvalue weighted by atomic mass is 10.1. The Hall–Kier alpha value is -3.04. The van der Waals surface area contributed by atoms with Crippen LogP contribution in [0.15, 0.2) is 65.8 Å². The molecule has 2 N–H and O–H groups in total. The fourth-order valence-corrected chi connectivity index (χ4v) is 3.50. The molecule has 3 rings (SSSR count). The number of halogens is 2. The van der Waals surface area contributed by atoms with E-state index in [0.29, 0.717) is 5.69 Å². The number of carbonyl (C=O) groups excluding carboxylic acids is 1. The fourth-order valence-electron chi connectivity index (χ4n) is 2.32. The molecule has 0 aliphatic carbocycles. The van der Waals surface area contributed by atoms with E-state index in [2.05, 4.69) is 20.0 Å². The average Bonchev–Trinajstić information content (AvgIpc) is 2.66. The molecule has 0 radical (unpaired) electrons. The van der Waals surface area contributed by atoms with Crippen molar-refractivity contribution in [2.75, 3.05) is 10.0 Å². The number of aromatic nitrogens is 2. The Morgan fingerprint density at radius 1 is 1.04 bits per heavy atom. The Labute approximate surface area is 165 Å². The summed E-state index contributed by atoms with van der Waals surface area (Å²) in [6, 6.07) is 11.2. The molecule has 0 saturated heterocycles. The van der Waals surface area contributed by atoms with E-state index >= 15 is 0 Å². The fraction of sp³-hybridized carbons (Fsp3) is 0.0556. The molecule has 0 atom stereocenters. The average molecular weight is 421 g/mol. The van der Waals surface area contributed by atoms with E-state index < -0.39 is 21.7 Å². The number of nitrogens with one attached hydrogen (secondary N) is 2. The molecule has 28 heavy (non-hydrogen) atoms. The second kappa shape index (κ2) is 8.32. The monoisotopic (exact) mass is 420 g/mol. The van der Waals surface area contributed by atoms with Crippen LogP contribution in [0.3, 0.4) is 0 Å². The van der Waals surface area contributed by atoms with Crippen LogP contribution in [0.4, 0.5) is 16.0 Å². The molecule has 3 aromatic rings. The molecule has 10 heteroatoms. The molecule has 0 fully saturated rings. The van der Waals surface area contributed by atoms with Crippen LogP contribution in [-0.2, 0) is 21.2 Å². The van der Waals surface area contributed by atoms with Gasteiger partial charge in [0.1, 0.15) is 5.82 Å². The lowest BCUT2D eigenvalue weighted by Gasteiger charge is -2.09. The molecule has 144 valence electrons. The molecule has 0 unspecified atom stereocenters. The van der Waals surface area contributed by atoms with Crippen molar-refractivity contribution in [1.29, 1.82) is 0 Å². The summed E-state index contributed by atoms with van der Waals surface area (Å²) in [5.74, 6) is -1.11. The minimum atomic E-state index is -3.87. The topological polar surface area (TPSA) is 101 Å². The maximum absolute atomic E-state index is 13.8. The van der Waals surface area contributed by atoms with Crippen molar-refractivity contribution in [1.82, 2.24) is 9.97 Å². The van der Waals surface area contributed by atoms with Crippen LogP contribution in [-0.4, -0.2) is 24.3 Å². The largest absolute Gasteiger partial charge is 0.326 e. The van der Waals surface area contributed by atoms with Gasteiger partial charge in [0.05, 0.1) is 11.3 Å². The molecule has 1 aromatic heterocycles. The van der Waals surface area contributed by atoms with Crippen LogP contribution in [0.5, 0.6) is 0 Å². The van der Waals surface area contributed by atoms with Crippen molar-refractivity contribution in [2.24, 2.45) is 0 Å². The van der Waals surface area contributed by atoms with Gasteiger partial charge in [0.2, 0.25) is 11.9 Å². The molecular formula is C18H14ClFN4O3S. The molecule has 0 aliphatic rings. The van der Waals surface area contributed by atoms with E-state index in [1.165, 1.54) is 54.9 Å². The van der Waals surface area contributed by atoms with Crippen molar-refractivity contribution in [2.45, 2.75) is 11.3 Å². The Bertz CT molecular complexity index is 1070. The van der Waals surface area contributed by atoms with Gasteiger partial charge in [0, 0.05) is 28.7 Å². The third kappa shape index (κ3) is 4.81. The van der Waals surface area contributed by atoms with Gasteiger partial charge in [0.15, 0.2) is 0 Å². The first kappa shape index (κ1) is 19.7. The summed E-state index contributed by atoms with van der Waals surface area (Å²) in [7, 11) is -3.87. The summed E-state index contributed by atoms with van der Waals surface area (Å²) in [4.78, 5) is 19.7. The van der Waals surface area contributed by atoms with Crippen molar-refractivity contribution in [3.63, 3.8) is 0 Å². The van der Waals surface area contributed by atoms with Crippen molar-refractivity contribution >= 4 is 39.2 Å². The molecule has 0 spiro atoms. The number of amides is 1. The molecule has 7 nitrogen and oxygen atoms in total. The van der Waals surface area contributed by atoms with Gasteiger partial charge in [-0.25, -0.2) is 27.5 Å². The van der Waals surface area contributed by atoms with Crippen molar-refractivity contribution < 1.29 is 17.6 Å². The molecule has 2 aromatic carbocycles. The Morgan fingerprint density at radius 3 is 2.36 bits per heavy atom. The van der Waals surface area contributed by atoms with Gasteiger partial charge < -0.3 is 5.32 Å². The van der Waals surface area contributed by atoms with Crippen LogP contribution in [0.25, 0.3) is 0 Å². The number of nitrogens with zero attached hydrogens (tertiary/aromatic N) is 2. The summed E-state index contributed by atoms with van der Waals surface area (Å²) in [5, 5.41) is 2.73. The SMILES string of the molecule is O=C(Cc1c(F)cccc1Cl)Nc1ccc(S(=O)(=O)Nc2ncccn2)cc1. The second-order valence-electron chi connectivity index (χ2n) is 5.63. The van der Waals surface area contributed by atoms with E-state index in [-0.39, 0.29) is 27.9 Å². The lowest BCUT2D eigenvalue weighted by Crippen LogP contribution is -2.16. The predicted octanol–water partition coefficient (Wildman–Crippen LogP) is 3.25. The first-order valence-corrected chi connectivity index (χ1v) is 9.84. The number of hydrogen-bond donors (Lipinski definition) is 2. The van der Waals surface area contributed by atoms with Gasteiger partial charge in [0.25, 0.3) is 10.0 Å². The van der Waals surface area contributed by atoms with E-state index in [0.717, 1.165) is 0 Å². The Kier molecular flexibility index (Phi) is 5.86. The molecule has 1 amide bonds. The molecule has 1 heterocycles. The zero-order valence-electron chi connectivity index (χ0n) is 14.3. The van der Waals surface area contributed by atoms with Crippen LogP contribution >= 0.6 is 11.6 Å². The summed E-state index contributed by atoms with van der Waals surface area (Å²) in [6.45, 7) is 0. The van der Waals surface area contributed by atoms with Gasteiger partial charge in [-0.2, -0.15) is 0 Å². The molecular weight excluding hydrogens is 407 g/mol. The lowest BCUT2D eigenvalue weighted by molar-refractivity contribution is -0.115. The molecule has 0 aliphatic heterocycles. The Morgan fingerprint density at radius 2 is 1.71 bits per heavy atom. The van der Waals surface area contributed by atoms with Gasteiger partial charge in [-0.05, 0) is 42.5 Å². The molecule has 0 saturated carbocycles. The van der Waals surface area contributed by atoms with E-state index in [4.69, 9.17) is 11.6 Å². The van der Waals surface area contributed by atoms with E-state index in [9.17, 15) is 17.6 Å². The number of rotatable bonds is 6. The van der Waals surface area contributed by atoms with Gasteiger partial charge >= 0.3 is 0 Å². The van der Waals surface area contributed by atoms with Crippen LogP contribution in [0.1, 0.15) is 5.56 Å². The summed E-state index contributed by atoms with van der Waals surface area (Å²) >= 11 is 5.91. The van der Waals surface area contributed by atoms with Crippen LogP contribution in [0.2, 0.25) is 5.02 Å². The second-order valence-corrected chi connectivity index (χ2v) is 7.72. The van der Waals surface area contributed by atoms with Crippen LogP contribution < -0.4 is 10.0 Å². The van der Waals surface area contributed by atoms with E-state index in [1.807, 2.05) is 0 Å². The number of benzene rings is 2. The highest BCUT2D eigenvalue weighted by Crippen LogP contribution is 2.21. The smallest absolute Gasteiger partial charge is 0.264 e. The third-order valence-corrected chi connectivity index (χ3v) is 5.34. The van der Waals surface area contributed by atoms with Crippen molar-refractivity contribution in [3.8, 4) is 0 Å². The number of sulfonamides is 1. The summed E-state index contributed by atoms with van der Waals surface area (Å²) < 4.78 is 40.6. The maximum Gasteiger partial charge on any atom is 0.264 e. The minimum absolute atomic E-state index is 0.0323. The van der Waals surface area contributed by atoms with E-state index in [1.54, 1.807) is 6.07 Å². The zero-order valence-corrected chi connectivity index (χ0v) is 15.8. The Balaban J connectivity index is 1.68. The highest BCUT2D eigenvalue weighted by molar-refractivity contribution is 7.92. The number of carbonyl (C=O) groups is 1. The van der Waals surface area contributed by atoms with Crippen molar-refractivity contribution in [3.05, 3.63) is 77.3 Å². The minimum Gasteiger partial charge on any atom is -0.326 e. The highest BCUT2D eigenvalue weighted by Gasteiger charge is 2.16. The number of anilines is 2. The van der Waals surface area contributed by atoms with Crippen LogP contribution in [0, 0.1) is 5.82 Å². The normalized spacial score (nSPS) is 11.1. The van der Waals surface area contributed by atoms with Gasteiger partial charge in [-0.3, -0.25) is 4.79 Å². The predicted molar refractivity (Wildman–Crippen MR) is 103 cm³/mol. The first-order valence-electron chi connectivity index (χ1n) is 7.98. The summed E-state index contributed by atoms with van der Waals surface area (Å²) in [5.41, 5.74) is 0.445. The van der Waals surface area contributed by atoms with Gasteiger partial charge in [-0.1, -0.05) is 17.7 Å². The molecule has 0 bridgehead atoms. The standard InChI is InChI=1S/C18H14ClFN4O3S/c19-15-3-1-4-16(20)14(15)11-17(25)23-12-5-7-13(8-6-12)28(26,27)24-18-21-9-2-10-22-18/h1-10H,11H2,(H,23,25)(H,21,22,24). The number of hydrogen-bond acceptors (Lipinski definition) is 5.